The minimum atomic E-state index is -2.51. The van der Waals surface area contributed by atoms with Crippen LogP contribution in [0, 0.1) is 5.41 Å². The van der Waals surface area contributed by atoms with Crippen LogP contribution in [0.15, 0.2) is 30.3 Å². The lowest BCUT2D eigenvalue weighted by Gasteiger charge is -2.30. The molecule has 1 aliphatic rings. The Morgan fingerprint density at radius 3 is 2.40 bits per heavy atom. The minimum Gasteiger partial charge on any atom is -0.438 e. The summed E-state index contributed by atoms with van der Waals surface area (Å²) in [5.74, 6) is -2.02. The Labute approximate surface area is 208 Å². The molecule has 10 heteroatoms. The summed E-state index contributed by atoms with van der Waals surface area (Å²) in [5, 5.41) is 9.80. The van der Waals surface area contributed by atoms with Crippen LogP contribution in [0.4, 0.5) is 4.79 Å². The predicted octanol–water partition coefficient (Wildman–Crippen LogP) is 5.25. The molecule has 9 nitrogen and oxygen atoms in total. The largest absolute Gasteiger partial charge is 0.541 e. The topological polar surface area (TPSA) is 116 Å². The zero-order valence-corrected chi connectivity index (χ0v) is 22.2. The van der Waals surface area contributed by atoms with Crippen molar-refractivity contribution in [3.05, 3.63) is 35.9 Å². The number of amides is 2. The molecule has 35 heavy (non-hydrogen) atoms. The number of imide groups is 1. The van der Waals surface area contributed by atoms with E-state index in [4.69, 9.17) is 14.0 Å². The van der Waals surface area contributed by atoms with E-state index in [1.165, 1.54) is 6.92 Å². The lowest BCUT2D eigenvalue weighted by Crippen LogP contribution is -2.61. The quantitative estimate of drug-likeness (QED) is 0.185. The average Bonchev–Trinajstić information content (AvgIpc) is 3.19. The maximum atomic E-state index is 13.1. The number of ether oxygens (including phenoxy) is 2. The molecule has 1 aliphatic heterocycles. The van der Waals surface area contributed by atoms with E-state index < -0.39 is 60.7 Å². The summed E-state index contributed by atoms with van der Waals surface area (Å²) in [7, 11) is -2.51. The fraction of sp³-hybridized carbons (Fsp3) is 0.640. The summed E-state index contributed by atoms with van der Waals surface area (Å²) in [4.78, 5) is 37.2. The Hall–Kier alpha value is -2.19. The Kier molecular flexibility index (Phi) is 10.5. The summed E-state index contributed by atoms with van der Waals surface area (Å²) in [5.41, 5.74) is 0.397. The van der Waals surface area contributed by atoms with Crippen molar-refractivity contribution < 1.29 is 42.5 Å². The molecule has 0 radical (unpaired) electrons. The van der Waals surface area contributed by atoms with Crippen LogP contribution in [-0.4, -0.2) is 58.9 Å². The lowest BCUT2D eigenvalue weighted by atomic mass is 9.98. The van der Waals surface area contributed by atoms with Crippen molar-refractivity contribution in [2.24, 2.45) is 5.41 Å². The summed E-state index contributed by atoms with van der Waals surface area (Å²) in [6.07, 6.45) is 0.484. The van der Waals surface area contributed by atoms with Crippen molar-refractivity contribution in [2.75, 3.05) is 13.3 Å². The molecule has 2 rings (SSSR count). The van der Waals surface area contributed by atoms with Gasteiger partial charge in [-0.15, -0.1) is 4.52 Å². The minimum absolute atomic E-state index is 0.180. The highest BCUT2D eigenvalue weighted by Gasteiger charge is 2.56. The van der Waals surface area contributed by atoms with Crippen LogP contribution in [0.3, 0.4) is 0 Å². The zero-order chi connectivity index (χ0) is 26.2. The standard InChI is InChI=1S/C25H37NO8P/c1-18-11-10-16-26(18,24(29)30)22(27)19(2)34-35(31)21(32-17-33-23(28)25(3,4)5)15-9-14-20-12-7-6-8-13-20/h6-8,12-13,18-19,21H,9-11,14-17H2,1-5H3/q+1/p+1/t18-,19?,21?,26?/m1/s1. The van der Waals surface area contributed by atoms with Crippen LogP contribution in [0.2, 0.25) is 0 Å². The summed E-state index contributed by atoms with van der Waals surface area (Å²) in [6, 6.07) is 9.39. The number of aryl methyl sites for hydroxylation is 1. The van der Waals surface area contributed by atoms with Gasteiger partial charge in [0, 0.05) is 19.3 Å². The Morgan fingerprint density at radius 1 is 1.20 bits per heavy atom. The number of hydrogen-bond donors (Lipinski definition) is 1. The second kappa shape index (κ2) is 12.7. The van der Waals surface area contributed by atoms with Gasteiger partial charge in [-0.05, 0) is 57.6 Å². The molecule has 0 spiro atoms. The van der Waals surface area contributed by atoms with Gasteiger partial charge in [-0.25, -0.2) is 4.79 Å². The Morgan fingerprint density at radius 2 is 1.86 bits per heavy atom. The molecule has 0 saturated carbocycles. The van der Waals surface area contributed by atoms with Gasteiger partial charge in [-0.2, -0.15) is 9.28 Å². The second-order valence-electron chi connectivity index (χ2n) is 10.0. The van der Waals surface area contributed by atoms with Crippen molar-refractivity contribution in [3.63, 3.8) is 0 Å². The molecule has 1 saturated heterocycles. The number of carboxylic acid groups (broad SMARTS) is 1. The van der Waals surface area contributed by atoms with Crippen LogP contribution in [0.1, 0.15) is 65.9 Å². The van der Waals surface area contributed by atoms with E-state index in [2.05, 4.69) is 0 Å². The molecular weight excluding hydrogens is 473 g/mol. The maximum Gasteiger partial charge on any atom is 0.541 e. The first-order valence-electron chi connectivity index (χ1n) is 12.0. The third kappa shape index (κ3) is 7.64. The van der Waals surface area contributed by atoms with Gasteiger partial charge in [0.25, 0.3) is 5.85 Å². The van der Waals surface area contributed by atoms with Gasteiger partial charge in [0.05, 0.1) is 12.0 Å². The van der Waals surface area contributed by atoms with Gasteiger partial charge in [-0.1, -0.05) is 30.3 Å². The van der Waals surface area contributed by atoms with Crippen LogP contribution >= 0.6 is 8.03 Å². The summed E-state index contributed by atoms with van der Waals surface area (Å²) in [6.45, 7) is 8.07. The van der Waals surface area contributed by atoms with Crippen LogP contribution in [-0.2, 0) is 34.6 Å². The third-order valence-corrected chi connectivity index (χ3v) is 7.69. The second-order valence-corrected chi connectivity index (χ2v) is 11.4. The Bertz CT molecular complexity index is 900. The molecule has 1 aromatic rings. The number of hydrogen-bond acceptors (Lipinski definition) is 7. The van der Waals surface area contributed by atoms with Crippen molar-refractivity contribution in [2.45, 2.75) is 84.7 Å². The highest BCUT2D eigenvalue weighted by Crippen LogP contribution is 2.38. The van der Waals surface area contributed by atoms with Crippen LogP contribution in [0.5, 0.6) is 0 Å². The number of carbonyl (C=O) groups is 3. The van der Waals surface area contributed by atoms with E-state index >= 15 is 0 Å². The molecule has 1 heterocycles. The molecule has 1 N–H and O–H groups in total. The maximum absolute atomic E-state index is 13.1. The Balaban J connectivity index is 2.05. The molecule has 1 fully saturated rings. The SMILES string of the molecule is CC(O[P+](=O)C(CCCc1ccccc1)OCOC(=O)C(C)(C)C)C(=O)[N+]1(C(=O)O)CCC[C@H]1C. The third-order valence-electron chi connectivity index (χ3n) is 6.29. The van der Waals surface area contributed by atoms with Crippen molar-refractivity contribution in [1.29, 1.82) is 0 Å². The molecule has 5 atom stereocenters. The number of esters is 1. The zero-order valence-electron chi connectivity index (χ0n) is 21.3. The molecule has 4 unspecified atom stereocenters. The van der Waals surface area contributed by atoms with Gasteiger partial charge >= 0.3 is 26.0 Å². The predicted molar refractivity (Wildman–Crippen MR) is 130 cm³/mol. The van der Waals surface area contributed by atoms with Crippen LogP contribution < -0.4 is 0 Å². The monoisotopic (exact) mass is 511 g/mol. The fourth-order valence-electron chi connectivity index (χ4n) is 4.13. The number of carbonyl (C=O) groups excluding carboxylic acids is 2. The number of nitrogens with zero attached hydrogens (tertiary/aromatic N) is 1. The number of benzene rings is 1. The van der Waals surface area contributed by atoms with Gasteiger partial charge in [0.15, 0.2) is 6.79 Å². The molecule has 2 amide bonds. The average molecular weight is 512 g/mol. The van der Waals surface area contributed by atoms with Crippen molar-refractivity contribution in [1.82, 2.24) is 0 Å². The van der Waals surface area contributed by atoms with E-state index in [0.717, 1.165) is 12.0 Å². The molecular formula is C25H38NO8P+2. The van der Waals surface area contributed by atoms with Crippen LogP contribution in [0.25, 0.3) is 0 Å². The highest BCUT2D eigenvalue weighted by molar-refractivity contribution is 7.39. The van der Waals surface area contributed by atoms with E-state index in [1.807, 2.05) is 30.3 Å². The molecule has 0 aliphatic carbocycles. The number of rotatable bonds is 11. The van der Waals surface area contributed by atoms with Crippen molar-refractivity contribution >= 4 is 26.0 Å². The smallest absolute Gasteiger partial charge is 0.438 e. The molecule has 0 bridgehead atoms. The number of likely N-dealkylation sites (tertiary alicyclic amines) is 1. The number of quaternary nitrogens is 1. The highest BCUT2D eigenvalue weighted by atomic mass is 31.1. The van der Waals surface area contributed by atoms with E-state index in [0.29, 0.717) is 25.7 Å². The summed E-state index contributed by atoms with van der Waals surface area (Å²) < 4.78 is 28.7. The fourth-order valence-corrected chi connectivity index (χ4v) is 5.25. The van der Waals surface area contributed by atoms with Gasteiger partial charge in [0.1, 0.15) is 6.04 Å². The molecule has 1 aromatic carbocycles. The summed E-state index contributed by atoms with van der Waals surface area (Å²) >= 11 is 0. The molecule has 194 valence electrons. The van der Waals surface area contributed by atoms with Gasteiger partial charge < -0.3 is 9.84 Å². The van der Waals surface area contributed by atoms with Gasteiger partial charge in [-0.3, -0.25) is 9.53 Å². The first-order chi connectivity index (χ1) is 16.4. The van der Waals surface area contributed by atoms with Gasteiger partial charge in [0.2, 0.25) is 6.10 Å². The van der Waals surface area contributed by atoms with E-state index in [9.17, 15) is 24.1 Å². The van der Waals surface area contributed by atoms with E-state index in [1.54, 1.807) is 27.7 Å². The first kappa shape index (κ1) is 29.0. The lowest BCUT2D eigenvalue weighted by molar-refractivity contribution is -0.793. The normalized spacial score (nSPS) is 22.3. The first-order valence-corrected chi connectivity index (χ1v) is 13.3. The van der Waals surface area contributed by atoms with Crippen molar-refractivity contribution in [3.8, 4) is 0 Å². The van der Waals surface area contributed by atoms with E-state index in [-0.39, 0.29) is 6.54 Å². The molecule has 0 aromatic heterocycles.